The zero-order valence-electron chi connectivity index (χ0n) is 22.4. The number of aryl methyl sites for hydroxylation is 1. The Bertz CT molecular complexity index is 1500. The predicted octanol–water partition coefficient (Wildman–Crippen LogP) is 6.30. The van der Waals surface area contributed by atoms with E-state index in [0.717, 1.165) is 42.8 Å². The third-order valence-electron chi connectivity index (χ3n) is 7.18. The fourth-order valence-corrected chi connectivity index (χ4v) is 5.85. The van der Waals surface area contributed by atoms with E-state index in [-0.39, 0.29) is 28.3 Å². The number of carbonyl (C=O) groups is 2. The van der Waals surface area contributed by atoms with Crippen molar-refractivity contribution < 1.29 is 18.7 Å². The van der Waals surface area contributed by atoms with Crippen LogP contribution in [0.15, 0.2) is 72.8 Å². The first kappa shape index (κ1) is 27.3. The van der Waals surface area contributed by atoms with Gasteiger partial charge < -0.3 is 15.8 Å². The molecule has 1 heterocycles. The van der Waals surface area contributed by atoms with Gasteiger partial charge in [0.05, 0.1) is 12.8 Å². The van der Waals surface area contributed by atoms with Crippen molar-refractivity contribution in [1.82, 2.24) is 9.69 Å². The standard InChI is InChI=1S/C31H31FN4O3S/c1-19-6-5-9-24(18-19)36(31(38)29-26(33)27(35-40-29)20-10-14-22(32)15-11-20)28(21-12-16-25(39-2)17-13-21)30(37)34-23-7-3-4-8-23/h5-6,9-18,23,28H,3-4,7-8,33H2,1-2H3,(H,34,37). The minimum absolute atomic E-state index is 0.0567. The maximum absolute atomic E-state index is 14.4. The number of methoxy groups -OCH3 is 1. The first-order chi connectivity index (χ1) is 19.4. The highest BCUT2D eigenvalue weighted by Crippen LogP contribution is 2.37. The molecule has 3 N–H and O–H groups in total. The Hall–Kier alpha value is -4.24. The number of halogens is 1. The lowest BCUT2D eigenvalue weighted by atomic mass is 10.0. The predicted molar refractivity (Wildman–Crippen MR) is 156 cm³/mol. The molecule has 0 spiro atoms. The average molecular weight is 559 g/mol. The number of amides is 2. The van der Waals surface area contributed by atoms with Crippen LogP contribution >= 0.6 is 11.5 Å². The summed E-state index contributed by atoms with van der Waals surface area (Å²) in [5, 5.41) is 3.19. The lowest BCUT2D eigenvalue weighted by molar-refractivity contribution is -0.123. The maximum atomic E-state index is 14.4. The minimum Gasteiger partial charge on any atom is -0.497 e. The lowest BCUT2D eigenvalue weighted by Crippen LogP contribution is -2.46. The van der Waals surface area contributed by atoms with Crippen LogP contribution in [-0.4, -0.2) is 29.3 Å². The normalized spacial score (nSPS) is 14.1. The van der Waals surface area contributed by atoms with Gasteiger partial charge in [0, 0.05) is 17.3 Å². The minimum atomic E-state index is -0.975. The zero-order valence-corrected chi connectivity index (χ0v) is 23.2. The van der Waals surface area contributed by atoms with Gasteiger partial charge in [0.1, 0.15) is 28.2 Å². The number of anilines is 2. The van der Waals surface area contributed by atoms with Gasteiger partial charge in [-0.15, -0.1) is 0 Å². The number of nitrogens with one attached hydrogen (secondary N) is 1. The van der Waals surface area contributed by atoms with E-state index in [9.17, 15) is 14.0 Å². The number of nitrogens with two attached hydrogens (primary N) is 1. The summed E-state index contributed by atoms with van der Waals surface area (Å²) >= 11 is 0.962. The van der Waals surface area contributed by atoms with Crippen LogP contribution in [0.2, 0.25) is 0 Å². The van der Waals surface area contributed by atoms with Crippen LogP contribution in [0.3, 0.4) is 0 Å². The van der Waals surface area contributed by atoms with Crippen molar-refractivity contribution in [3.8, 4) is 17.0 Å². The third-order valence-corrected chi connectivity index (χ3v) is 8.03. The molecule has 0 bridgehead atoms. The second-order valence-corrected chi connectivity index (χ2v) is 10.7. The van der Waals surface area contributed by atoms with Crippen LogP contribution in [0.25, 0.3) is 11.3 Å². The van der Waals surface area contributed by atoms with Gasteiger partial charge >= 0.3 is 0 Å². The molecule has 2 amide bonds. The summed E-state index contributed by atoms with van der Waals surface area (Å²) in [6.07, 6.45) is 3.93. The summed E-state index contributed by atoms with van der Waals surface area (Å²) in [6, 6.07) is 19.5. The Labute approximate surface area is 236 Å². The summed E-state index contributed by atoms with van der Waals surface area (Å²) in [6.45, 7) is 1.93. The van der Waals surface area contributed by atoms with Crippen molar-refractivity contribution in [2.45, 2.75) is 44.7 Å². The Balaban J connectivity index is 1.61. The first-order valence-electron chi connectivity index (χ1n) is 13.2. The fraction of sp³-hybridized carbons (Fsp3) is 0.258. The number of hydrogen-bond acceptors (Lipinski definition) is 6. The number of nitrogen functional groups attached to an aromatic ring is 1. The van der Waals surface area contributed by atoms with Gasteiger partial charge in [0.2, 0.25) is 5.91 Å². The van der Waals surface area contributed by atoms with Crippen molar-refractivity contribution in [3.05, 3.63) is 94.6 Å². The van der Waals surface area contributed by atoms with E-state index in [4.69, 9.17) is 10.5 Å². The zero-order chi connectivity index (χ0) is 28.2. The number of nitrogens with zero attached hydrogens (tertiary/aromatic N) is 2. The van der Waals surface area contributed by atoms with Gasteiger partial charge in [-0.3, -0.25) is 14.5 Å². The molecule has 1 saturated carbocycles. The Kier molecular flexibility index (Phi) is 8.11. The lowest BCUT2D eigenvalue weighted by Gasteiger charge is -2.32. The number of rotatable bonds is 8. The molecule has 1 unspecified atom stereocenters. The summed E-state index contributed by atoms with van der Waals surface area (Å²) < 4.78 is 23.3. The van der Waals surface area contributed by atoms with Crippen molar-refractivity contribution >= 4 is 34.7 Å². The molecule has 0 saturated heterocycles. The average Bonchev–Trinajstić information content (AvgIpc) is 3.61. The Morgan fingerprint density at radius 1 is 1.07 bits per heavy atom. The third kappa shape index (κ3) is 5.70. The highest BCUT2D eigenvalue weighted by Gasteiger charge is 2.37. The molecule has 7 nitrogen and oxygen atoms in total. The van der Waals surface area contributed by atoms with Gasteiger partial charge in [0.15, 0.2) is 0 Å². The van der Waals surface area contributed by atoms with Crippen molar-refractivity contribution in [2.75, 3.05) is 17.7 Å². The summed E-state index contributed by atoms with van der Waals surface area (Å²) in [7, 11) is 1.58. The van der Waals surface area contributed by atoms with E-state index in [1.165, 1.54) is 17.0 Å². The van der Waals surface area contributed by atoms with Crippen molar-refractivity contribution in [2.24, 2.45) is 0 Å². The molecule has 0 radical (unpaired) electrons. The molecule has 5 rings (SSSR count). The van der Waals surface area contributed by atoms with E-state index >= 15 is 0 Å². The molecule has 9 heteroatoms. The first-order valence-corrected chi connectivity index (χ1v) is 14.0. The van der Waals surface area contributed by atoms with Crippen LogP contribution in [0.5, 0.6) is 5.75 Å². The molecule has 1 aliphatic carbocycles. The van der Waals surface area contributed by atoms with Gasteiger partial charge in [-0.25, -0.2) is 4.39 Å². The van der Waals surface area contributed by atoms with Gasteiger partial charge in [-0.05, 0) is 91.0 Å². The van der Waals surface area contributed by atoms with Crippen LogP contribution in [0.4, 0.5) is 15.8 Å². The van der Waals surface area contributed by atoms with Gasteiger partial charge in [0.25, 0.3) is 5.91 Å². The van der Waals surface area contributed by atoms with Crippen LogP contribution in [0, 0.1) is 12.7 Å². The number of ether oxygens (including phenoxy) is 1. The summed E-state index contributed by atoms with van der Waals surface area (Å²) in [5.41, 5.74) is 9.80. The summed E-state index contributed by atoms with van der Waals surface area (Å²) in [5.74, 6) is -0.456. The van der Waals surface area contributed by atoms with Crippen molar-refractivity contribution in [3.63, 3.8) is 0 Å². The van der Waals surface area contributed by atoms with E-state index in [0.29, 0.717) is 28.3 Å². The molecule has 1 aliphatic rings. The molecule has 1 fully saturated rings. The van der Waals surface area contributed by atoms with Crippen LogP contribution in [0.1, 0.15) is 52.5 Å². The Morgan fingerprint density at radius 3 is 2.42 bits per heavy atom. The van der Waals surface area contributed by atoms with E-state index in [1.54, 1.807) is 43.5 Å². The molecular formula is C31H31FN4O3S. The molecular weight excluding hydrogens is 527 g/mol. The van der Waals surface area contributed by atoms with Crippen LogP contribution < -0.4 is 20.7 Å². The Morgan fingerprint density at radius 2 is 1.77 bits per heavy atom. The molecule has 40 heavy (non-hydrogen) atoms. The fourth-order valence-electron chi connectivity index (χ4n) is 5.09. The van der Waals surface area contributed by atoms with Crippen molar-refractivity contribution in [1.29, 1.82) is 0 Å². The number of benzene rings is 3. The summed E-state index contributed by atoms with van der Waals surface area (Å²) in [4.78, 5) is 30.1. The molecule has 1 aromatic heterocycles. The quantitative estimate of drug-likeness (QED) is 0.265. The smallest absolute Gasteiger partial charge is 0.273 e. The number of aromatic nitrogens is 1. The maximum Gasteiger partial charge on any atom is 0.273 e. The van der Waals surface area contributed by atoms with Crippen LogP contribution in [-0.2, 0) is 4.79 Å². The molecule has 3 aromatic carbocycles. The highest BCUT2D eigenvalue weighted by atomic mass is 32.1. The largest absolute Gasteiger partial charge is 0.497 e. The topological polar surface area (TPSA) is 97.5 Å². The highest BCUT2D eigenvalue weighted by molar-refractivity contribution is 7.09. The monoisotopic (exact) mass is 558 g/mol. The number of hydrogen-bond donors (Lipinski definition) is 2. The van der Waals surface area contributed by atoms with E-state index < -0.39 is 11.9 Å². The molecule has 206 valence electrons. The van der Waals surface area contributed by atoms with Gasteiger partial charge in [-0.1, -0.05) is 37.1 Å². The van der Waals surface area contributed by atoms with E-state index in [1.807, 2.05) is 31.2 Å². The molecule has 1 atom stereocenters. The van der Waals surface area contributed by atoms with E-state index in [2.05, 4.69) is 9.69 Å². The molecule has 4 aromatic rings. The molecule has 0 aliphatic heterocycles. The second-order valence-electron chi connectivity index (χ2n) is 9.96. The SMILES string of the molecule is COc1ccc(C(C(=O)NC2CCCC2)N(C(=O)c2snc(-c3ccc(F)cc3)c2N)c2cccc(C)c2)cc1. The van der Waals surface area contributed by atoms with Gasteiger partial charge in [-0.2, -0.15) is 4.37 Å². The second kappa shape index (κ2) is 11.9. The number of carbonyl (C=O) groups excluding carboxylic acids is 2.